The fourth-order valence-corrected chi connectivity index (χ4v) is 9.39. The molecule has 0 amide bonds. The smallest absolute Gasteiger partial charge is 0.0541 e. The molecule has 0 radical (unpaired) electrons. The molecule has 0 spiro atoms. The van der Waals surface area contributed by atoms with Gasteiger partial charge < -0.3 is 9.13 Å². The van der Waals surface area contributed by atoms with E-state index in [1.807, 2.05) is 0 Å². The van der Waals surface area contributed by atoms with Gasteiger partial charge in [0.25, 0.3) is 0 Å². The summed E-state index contributed by atoms with van der Waals surface area (Å²) in [7, 11) is 0. The highest BCUT2D eigenvalue weighted by Gasteiger charge is 2.42. The van der Waals surface area contributed by atoms with Gasteiger partial charge in [-0.05, 0) is 109 Å². The normalized spacial score (nSPS) is 21.1. The predicted octanol–water partition coefficient (Wildman–Crippen LogP) is 11.6. The first-order valence-electron chi connectivity index (χ1n) is 17.0. The highest BCUT2D eigenvalue weighted by Crippen LogP contribution is 2.55. The van der Waals surface area contributed by atoms with E-state index >= 15 is 0 Å². The molecule has 2 bridgehead atoms. The van der Waals surface area contributed by atoms with E-state index < -0.39 is 0 Å². The van der Waals surface area contributed by atoms with Gasteiger partial charge >= 0.3 is 0 Å². The second-order valence-corrected chi connectivity index (χ2v) is 13.7. The van der Waals surface area contributed by atoms with Crippen molar-refractivity contribution >= 4 is 43.6 Å². The van der Waals surface area contributed by atoms with E-state index in [0.29, 0.717) is 11.8 Å². The molecule has 0 saturated heterocycles. The Morgan fingerprint density at radius 2 is 0.652 bits per heavy atom. The summed E-state index contributed by atoms with van der Waals surface area (Å²) in [5.41, 5.74) is 10.7. The Kier molecular flexibility index (Phi) is 5.81. The van der Waals surface area contributed by atoms with Crippen molar-refractivity contribution in [1.82, 2.24) is 9.13 Å². The van der Waals surface area contributed by atoms with E-state index in [-0.39, 0.29) is 0 Å². The van der Waals surface area contributed by atoms with Crippen LogP contribution in [0.15, 0.2) is 146 Å². The fraction of sp³-hybridized carbons (Fsp3) is 0.182. The molecule has 0 aliphatic heterocycles. The van der Waals surface area contributed by atoms with Crippen molar-refractivity contribution in [3.63, 3.8) is 0 Å². The summed E-state index contributed by atoms with van der Waals surface area (Å²) in [6, 6.07) is 54.3. The Labute approximate surface area is 269 Å². The number of aromatic nitrogens is 2. The quantitative estimate of drug-likeness (QED) is 0.192. The molecule has 8 aromatic rings. The van der Waals surface area contributed by atoms with Crippen LogP contribution in [-0.4, -0.2) is 9.13 Å². The van der Waals surface area contributed by atoms with Crippen LogP contribution in [0.4, 0.5) is 0 Å². The Bertz CT molecular complexity index is 2110. The summed E-state index contributed by atoms with van der Waals surface area (Å²) >= 11 is 0. The van der Waals surface area contributed by atoms with Crippen LogP contribution in [0.2, 0.25) is 0 Å². The lowest BCUT2D eigenvalue weighted by molar-refractivity contribution is 0.117. The molecule has 2 aromatic heterocycles. The van der Waals surface area contributed by atoms with E-state index in [1.165, 1.54) is 91.8 Å². The van der Waals surface area contributed by atoms with E-state index in [0.717, 1.165) is 11.8 Å². The topological polar surface area (TPSA) is 9.86 Å². The van der Waals surface area contributed by atoms with Gasteiger partial charge in [0.1, 0.15) is 0 Å². The average Bonchev–Trinajstić information content (AvgIpc) is 3.65. The standard InChI is InChI=1S/C44H36N2/c1-5-13-41-35(9-1)36-10-2-6-14-42(36)45(41)33-23-19-29(20-24-33)39-27-32-18-17-31(39)28-40(32)30-21-25-34(26-22-30)46-43-15-7-3-11-37(43)38-12-4-8-16-44(38)46/h1-16,19-26,31-32,39-40H,17-18,27-28H2. The van der Waals surface area contributed by atoms with Gasteiger partial charge in [0, 0.05) is 32.9 Å². The highest BCUT2D eigenvalue weighted by atomic mass is 15.0. The lowest BCUT2D eigenvalue weighted by Gasteiger charge is -2.48. The third-order valence-electron chi connectivity index (χ3n) is 11.5. The minimum atomic E-state index is 0.666. The van der Waals surface area contributed by atoms with Crippen molar-refractivity contribution in [3.8, 4) is 11.4 Å². The van der Waals surface area contributed by atoms with Gasteiger partial charge in [-0.3, -0.25) is 0 Å². The van der Waals surface area contributed by atoms with Crippen molar-refractivity contribution in [3.05, 3.63) is 157 Å². The third kappa shape index (κ3) is 3.89. The van der Waals surface area contributed by atoms with E-state index in [4.69, 9.17) is 0 Å². The zero-order valence-electron chi connectivity index (χ0n) is 25.9. The van der Waals surface area contributed by atoms with E-state index in [9.17, 15) is 0 Å². The van der Waals surface area contributed by atoms with Crippen LogP contribution >= 0.6 is 0 Å². The van der Waals surface area contributed by atoms with Crippen molar-refractivity contribution in [2.75, 3.05) is 0 Å². The molecule has 4 unspecified atom stereocenters. The first-order valence-corrected chi connectivity index (χ1v) is 17.0. The molecular weight excluding hydrogens is 556 g/mol. The fourth-order valence-electron chi connectivity index (χ4n) is 9.39. The van der Waals surface area contributed by atoms with Gasteiger partial charge in [0.2, 0.25) is 0 Å². The maximum absolute atomic E-state index is 2.43. The Morgan fingerprint density at radius 1 is 0.348 bits per heavy atom. The number of fused-ring (bicyclic) bond motifs is 9. The SMILES string of the molecule is c1ccc2c(c1)c1ccccc1n2-c1ccc(C2CC3CCC2CC3c2ccc(-n3c4ccccc4c4ccccc43)cc2)cc1. The van der Waals surface area contributed by atoms with Crippen LogP contribution in [0.1, 0.15) is 48.6 Å². The molecule has 3 saturated carbocycles. The molecule has 6 aromatic carbocycles. The second-order valence-electron chi connectivity index (χ2n) is 13.7. The van der Waals surface area contributed by atoms with Crippen molar-refractivity contribution < 1.29 is 0 Å². The minimum Gasteiger partial charge on any atom is -0.309 e. The molecule has 3 fully saturated rings. The minimum absolute atomic E-state index is 0.666. The van der Waals surface area contributed by atoms with Crippen molar-refractivity contribution in [2.45, 2.75) is 37.5 Å². The van der Waals surface area contributed by atoms with Gasteiger partial charge in [-0.2, -0.15) is 0 Å². The first kappa shape index (κ1) is 26.2. The maximum Gasteiger partial charge on any atom is 0.0541 e. The number of hydrogen-bond donors (Lipinski definition) is 0. The van der Waals surface area contributed by atoms with E-state index in [1.54, 1.807) is 0 Å². The molecule has 11 rings (SSSR count). The molecule has 4 atom stereocenters. The monoisotopic (exact) mass is 592 g/mol. The number of benzene rings is 6. The van der Waals surface area contributed by atoms with Crippen LogP contribution in [0.5, 0.6) is 0 Å². The summed E-state index contributed by atoms with van der Waals surface area (Å²) in [6.45, 7) is 0. The molecule has 3 aliphatic carbocycles. The van der Waals surface area contributed by atoms with Crippen LogP contribution in [0.3, 0.4) is 0 Å². The van der Waals surface area contributed by atoms with Crippen molar-refractivity contribution in [1.29, 1.82) is 0 Å². The Hall–Kier alpha value is -5.08. The summed E-state index contributed by atoms with van der Waals surface area (Å²) in [5, 5.41) is 5.28. The number of nitrogens with zero attached hydrogens (tertiary/aromatic N) is 2. The van der Waals surface area contributed by atoms with Gasteiger partial charge in [-0.25, -0.2) is 0 Å². The molecule has 2 nitrogen and oxygen atoms in total. The molecule has 3 aliphatic rings. The van der Waals surface area contributed by atoms with Crippen LogP contribution < -0.4 is 0 Å². The largest absolute Gasteiger partial charge is 0.309 e. The average molecular weight is 593 g/mol. The summed E-state index contributed by atoms with van der Waals surface area (Å²) in [6.07, 6.45) is 5.33. The lowest BCUT2D eigenvalue weighted by Crippen LogP contribution is -2.35. The van der Waals surface area contributed by atoms with Crippen molar-refractivity contribution in [2.24, 2.45) is 11.8 Å². The predicted molar refractivity (Wildman–Crippen MR) is 192 cm³/mol. The summed E-state index contributed by atoms with van der Waals surface area (Å²) in [5.74, 6) is 2.84. The summed E-state index contributed by atoms with van der Waals surface area (Å²) in [4.78, 5) is 0. The highest BCUT2D eigenvalue weighted by molar-refractivity contribution is 6.10. The first-order chi connectivity index (χ1) is 22.8. The second kappa shape index (κ2) is 10.2. The Balaban J connectivity index is 0.926. The number of rotatable bonds is 4. The lowest BCUT2D eigenvalue weighted by atomic mass is 9.57. The van der Waals surface area contributed by atoms with Gasteiger partial charge in [-0.1, -0.05) is 97.1 Å². The molecule has 2 heteroatoms. The number of hydrogen-bond acceptors (Lipinski definition) is 0. The maximum atomic E-state index is 2.43. The van der Waals surface area contributed by atoms with Gasteiger partial charge in [0.15, 0.2) is 0 Å². The molecule has 2 heterocycles. The van der Waals surface area contributed by atoms with E-state index in [2.05, 4.69) is 155 Å². The van der Waals surface area contributed by atoms with Gasteiger partial charge in [-0.15, -0.1) is 0 Å². The van der Waals surface area contributed by atoms with Gasteiger partial charge in [0.05, 0.1) is 22.1 Å². The summed E-state index contributed by atoms with van der Waals surface area (Å²) < 4.78 is 4.86. The molecule has 0 N–H and O–H groups in total. The number of para-hydroxylation sites is 4. The zero-order chi connectivity index (χ0) is 30.2. The molecular formula is C44H36N2. The zero-order valence-corrected chi connectivity index (χ0v) is 25.9. The molecule has 222 valence electrons. The Morgan fingerprint density at radius 3 is 0.957 bits per heavy atom. The van der Waals surface area contributed by atoms with Crippen LogP contribution in [0.25, 0.3) is 55.0 Å². The third-order valence-corrected chi connectivity index (χ3v) is 11.5. The van der Waals surface area contributed by atoms with Crippen LogP contribution in [0, 0.1) is 11.8 Å². The molecule has 46 heavy (non-hydrogen) atoms. The van der Waals surface area contributed by atoms with Crippen LogP contribution in [-0.2, 0) is 0 Å².